The Labute approximate surface area is 189 Å². The lowest BCUT2D eigenvalue weighted by atomic mass is 9.75. The number of amides is 1. The fourth-order valence-electron chi connectivity index (χ4n) is 4.37. The van der Waals surface area contributed by atoms with Crippen LogP contribution in [0.3, 0.4) is 0 Å². The summed E-state index contributed by atoms with van der Waals surface area (Å²) in [5.41, 5.74) is 1.56. The summed E-state index contributed by atoms with van der Waals surface area (Å²) in [5, 5.41) is 0. The van der Waals surface area contributed by atoms with E-state index in [0.717, 1.165) is 16.7 Å². The van der Waals surface area contributed by atoms with Crippen LogP contribution in [0.1, 0.15) is 58.6 Å². The van der Waals surface area contributed by atoms with E-state index in [1.807, 2.05) is 26.0 Å². The summed E-state index contributed by atoms with van der Waals surface area (Å²) in [7, 11) is 1.62. The first-order chi connectivity index (χ1) is 15.1. The Bertz CT molecular complexity index is 1120. The first-order valence-electron chi connectivity index (χ1n) is 11.0. The van der Waals surface area contributed by atoms with Gasteiger partial charge in [0.1, 0.15) is 11.2 Å². The highest BCUT2D eigenvalue weighted by atomic mass is 16.5. The number of aromatic nitrogens is 1. The molecule has 1 N–H and O–H groups in total. The van der Waals surface area contributed by atoms with E-state index in [1.54, 1.807) is 36.5 Å². The maximum atomic E-state index is 13.4. The highest BCUT2D eigenvalue weighted by Gasteiger charge is 2.45. The molecule has 0 radical (unpaired) electrons. The van der Waals surface area contributed by atoms with Crippen molar-refractivity contribution < 1.29 is 14.3 Å². The first kappa shape index (κ1) is 23.5. The van der Waals surface area contributed by atoms with Crippen LogP contribution >= 0.6 is 0 Å². The first-order valence-corrected chi connectivity index (χ1v) is 11.0. The van der Waals surface area contributed by atoms with Crippen molar-refractivity contribution in [3.05, 3.63) is 64.2 Å². The standard InChI is InChI=1S/C26H32N2O4/c1-7-26(8-2)22(29)11-13-28(24(26)31)16-17-14-21(32-6)20(25(3,4)5)15-19(17)18-10-9-12-27-23(18)30/h9-15H,7-8,16H2,1-6H3,(H,27,30). The summed E-state index contributed by atoms with van der Waals surface area (Å²) in [5.74, 6) is 0.344. The lowest BCUT2D eigenvalue weighted by Crippen LogP contribution is -2.48. The van der Waals surface area contributed by atoms with Gasteiger partial charge in [-0.15, -0.1) is 0 Å². The normalized spacial score (nSPS) is 15.9. The molecule has 0 saturated heterocycles. The molecule has 0 unspecified atom stereocenters. The van der Waals surface area contributed by atoms with Crippen molar-refractivity contribution in [1.29, 1.82) is 0 Å². The number of rotatable bonds is 6. The number of ether oxygens (including phenoxy) is 1. The van der Waals surface area contributed by atoms with Gasteiger partial charge < -0.3 is 14.6 Å². The number of nitrogens with one attached hydrogen (secondary N) is 1. The van der Waals surface area contributed by atoms with Crippen LogP contribution in [0.4, 0.5) is 0 Å². The topological polar surface area (TPSA) is 79.5 Å². The molecular weight excluding hydrogens is 404 g/mol. The molecule has 0 saturated carbocycles. The quantitative estimate of drug-likeness (QED) is 0.672. The molecule has 0 spiro atoms. The fourth-order valence-corrected chi connectivity index (χ4v) is 4.37. The average molecular weight is 437 g/mol. The Balaban J connectivity index is 2.19. The van der Waals surface area contributed by atoms with E-state index in [4.69, 9.17) is 4.74 Å². The Morgan fingerprint density at radius 3 is 2.31 bits per heavy atom. The molecule has 1 aliphatic rings. The van der Waals surface area contributed by atoms with Crippen LogP contribution in [0.15, 0.2) is 47.5 Å². The second kappa shape index (κ2) is 8.77. The molecule has 170 valence electrons. The van der Waals surface area contributed by atoms with E-state index in [0.29, 0.717) is 24.2 Å². The summed E-state index contributed by atoms with van der Waals surface area (Å²) >= 11 is 0. The van der Waals surface area contributed by atoms with Gasteiger partial charge >= 0.3 is 0 Å². The highest BCUT2D eigenvalue weighted by molar-refractivity contribution is 6.13. The number of aromatic amines is 1. The molecule has 6 heteroatoms. The molecule has 0 bridgehead atoms. The smallest absolute Gasteiger partial charge is 0.255 e. The van der Waals surface area contributed by atoms with Crippen LogP contribution in [-0.4, -0.2) is 28.7 Å². The molecule has 2 heterocycles. The summed E-state index contributed by atoms with van der Waals surface area (Å²) in [6, 6.07) is 7.44. The number of carbonyl (C=O) groups is 2. The molecule has 1 aromatic carbocycles. The Morgan fingerprint density at radius 1 is 1.06 bits per heavy atom. The lowest BCUT2D eigenvalue weighted by Gasteiger charge is -2.36. The Morgan fingerprint density at radius 2 is 1.75 bits per heavy atom. The zero-order valence-corrected chi connectivity index (χ0v) is 19.7. The minimum atomic E-state index is -1.03. The zero-order chi connectivity index (χ0) is 23.7. The third-order valence-electron chi connectivity index (χ3n) is 6.44. The van der Waals surface area contributed by atoms with E-state index in [2.05, 4.69) is 25.8 Å². The van der Waals surface area contributed by atoms with Crippen molar-refractivity contribution in [2.24, 2.45) is 5.41 Å². The number of nitrogens with zero attached hydrogens (tertiary/aromatic N) is 1. The van der Waals surface area contributed by atoms with Crippen molar-refractivity contribution in [1.82, 2.24) is 9.88 Å². The zero-order valence-electron chi connectivity index (χ0n) is 19.7. The molecule has 0 fully saturated rings. The van der Waals surface area contributed by atoms with Gasteiger partial charge in [-0.25, -0.2) is 0 Å². The molecule has 3 rings (SSSR count). The average Bonchev–Trinajstić information content (AvgIpc) is 2.76. The number of carbonyl (C=O) groups excluding carboxylic acids is 2. The molecule has 1 amide bonds. The van der Waals surface area contributed by atoms with Crippen molar-refractivity contribution >= 4 is 11.7 Å². The third kappa shape index (κ3) is 4.01. The van der Waals surface area contributed by atoms with Crippen molar-refractivity contribution in [3.8, 4) is 16.9 Å². The van der Waals surface area contributed by atoms with Gasteiger partial charge in [-0.1, -0.05) is 34.6 Å². The van der Waals surface area contributed by atoms with Gasteiger partial charge in [0.25, 0.3) is 5.56 Å². The minimum absolute atomic E-state index is 0.149. The Kier molecular flexibility index (Phi) is 6.44. The molecule has 1 aliphatic heterocycles. The summed E-state index contributed by atoms with van der Waals surface area (Å²) < 4.78 is 5.69. The minimum Gasteiger partial charge on any atom is -0.496 e. The lowest BCUT2D eigenvalue weighted by molar-refractivity contribution is -0.148. The SMILES string of the molecule is CCC1(CC)C(=O)C=CN(Cc2cc(OC)c(C(C)(C)C)cc2-c2ccc[nH]c2=O)C1=O. The molecule has 32 heavy (non-hydrogen) atoms. The van der Waals surface area contributed by atoms with Gasteiger partial charge in [-0.05, 0) is 59.7 Å². The molecule has 2 aromatic rings. The van der Waals surface area contributed by atoms with E-state index >= 15 is 0 Å². The van der Waals surface area contributed by atoms with Gasteiger partial charge in [0.15, 0.2) is 5.78 Å². The molecular formula is C26H32N2O4. The van der Waals surface area contributed by atoms with Gasteiger partial charge in [-0.3, -0.25) is 14.4 Å². The predicted octanol–water partition coefficient (Wildman–Crippen LogP) is 4.58. The van der Waals surface area contributed by atoms with Gasteiger partial charge in [0.2, 0.25) is 5.91 Å². The van der Waals surface area contributed by atoms with Crippen LogP contribution in [0.2, 0.25) is 0 Å². The van der Waals surface area contributed by atoms with Crippen LogP contribution in [0.5, 0.6) is 5.75 Å². The van der Waals surface area contributed by atoms with Crippen molar-refractivity contribution in [3.63, 3.8) is 0 Å². The number of hydrogen-bond acceptors (Lipinski definition) is 4. The summed E-state index contributed by atoms with van der Waals surface area (Å²) in [6.45, 7) is 10.2. The maximum absolute atomic E-state index is 13.4. The van der Waals surface area contributed by atoms with E-state index < -0.39 is 5.41 Å². The van der Waals surface area contributed by atoms with Crippen LogP contribution in [-0.2, 0) is 21.5 Å². The second-order valence-corrected chi connectivity index (χ2v) is 9.27. The number of H-pyrrole nitrogens is 1. The molecule has 1 aromatic heterocycles. The van der Waals surface area contributed by atoms with Crippen molar-refractivity contribution in [2.45, 2.75) is 59.4 Å². The molecule has 0 atom stereocenters. The van der Waals surface area contributed by atoms with E-state index in [1.165, 1.54) is 6.08 Å². The van der Waals surface area contributed by atoms with E-state index in [-0.39, 0.29) is 29.2 Å². The van der Waals surface area contributed by atoms with Gasteiger partial charge in [-0.2, -0.15) is 0 Å². The van der Waals surface area contributed by atoms with E-state index in [9.17, 15) is 14.4 Å². The highest BCUT2D eigenvalue weighted by Crippen LogP contribution is 2.39. The number of hydrogen-bond donors (Lipinski definition) is 1. The predicted molar refractivity (Wildman–Crippen MR) is 125 cm³/mol. The van der Waals surface area contributed by atoms with Crippen LogP contribution in [0, 0.1) is 5.41 Å². The van der Waals surface area contributed by atoms with Gasteiger partial charge in [0.05, 0.1) is 13.7 Å². The number of pyridine rings is 1. The summed E-state index contributed by atoms with van der Waals surface area (Å²) in [4.78, 5) is 42.9. The van der Waals surface area contributed by atoms with Crippen LogP contribution < -0.4 is 10.3 Å². The number of benzene rings is 1. The Hall–Kier alpha value is -3.15. The fraction of sp³-hybridized carbons (Fsp3) is 0.423. The van der Waals surface area contributed by atoms with Gasteiger partial charge in [0, 0.05) is 23.5 Å². The third-order valence-corrected chi connectivity index (χ3v) is 6.44. The molecule has 6 nitrogen and oxygen atoms in total. The number of ketones is 1. The maximum Gasteiger partial charge on any atom is 0.255 e. The number of methoxy groups -OCH3 is 1. The van der Waals surface area contributed by atoms with Crippen LogP contribution in [0.25, 0.3) is 11.1 Å². The second-order valence-electron chi connectivity index (χ2n) is 9.27. The molecule has 0 aliphatic carbocycles. The van der Waals surface area contributed by atoms with Crippen molar-refractivity contribution in [2.75, 3.05) is 7.11 Å². The summed E-state index contributed by atoms with van der Waals surface area (Å²) in [6.07, 6.45) is 5.53. The largest absolute Gasteiger partial charge is 0.496 e. The monoisotopic (exact) mass is 436 g/mol. The number of allylic oxidation sites excluding steroid dienone is 1.